The smallest absolute Gasteiger partial charge is 0.326 e. The topological polar surface area (TPSA) is 70.5 Å². The highest BCUT2D eigenvalue weighted by Gasteiger charge is 2.26. The minimum absolute atomic E-state index is 0.308. The van der Waals surface area contributed by atoms with Gasteiger partial charge in [0, 0.05) is 18.6 Å². The van der Waals surface area contributed by atoms with Crippen LogP contribution in [0.4, 0.5) is 0 Å². The largest absolute Gasteiger partial charge is 0.480 e. The average Bonchev–Trinajstić information content (AvgIpc) is 2.46. The molecule has 0 aliphatic rings. The second kappa shape index (κ2) is 5.69. The zero-order valence-corrected chi connectivity index (χ0v) is 11.4. The standard InChI is InChI=1S/C15H16N2O3/c1-3-13(15(19)20)17(2)14(18)11-8-9-16-12-7-5-4-6-10(11)12/h4-9,13H,3H2,1-2H3,(H,19,20). The Kier molecular flexibility index (Phi) is 3.98. The summed E-state index contributed by atoms with van der Waals surface area (Å²) in [5.41, 5.74) is 1.19. The number of pyridine rings is 1. The molecule has 2 aromatic rings. The molecule has 1 heterocycles. The molecule has 0 saturated carbocycles. The number of carboxylic acid groups (broad SMARTS) is 1. The van der Waals surface area contributed by atoms with Crippen LogP contribution in [-0.4, -0.2) is 40.0 Å². The lowest BCUT2D eigenvalue weighted by atomic mass is 10.1. The lowest BCUT2D eigenvalue weighted by Crippen LogP contribution is -2.42. The van der Waals surface area contributed by atoms with E-state index < -0.39 is 12.0 Å². The fourth-order valence-corrected chi connectivity index (χ4v) is 2.23. The maximum Gasteiger partial charge on any atom is 0.326 e. The van der Waals surface area contributed by atoms with E-state index in [0.29, 0.717) is 12.0 Å². The van der Waals surface area contributed by atoms with Gasteiger partial charge in [0.15, 0.2) is 0 Å². The maximum atomic E-state index is 12.5. The van der Waals surface area contributed by atoms with Gasteiger partial charge in [-0.25, -0.2) is 4.79 Å². The van der Waals surface area contributed by atoms with Crippen molar-refractivity contribution >= 4 is 22.8 Å². The van der Waals surface area contributed by atoms with Crippen molar-refractivity contribution in [3.05, 3.63) is 42.1 Å². The summed E-state index contributed by atoms with van der Waals surface area (Å²) in [6.45, 7) is 1.74. The van der Waals surface area contributed by atoms with Gasteiger partial charge in [0.25, 0.3) is 5.91 Å². The van der Waals surface area contributed by atoms with E-state index in [1.165, 1.54) is 11.9 Å². The second-order valence-corrected chi connectivity index (χ2v) is 4.55. The molecule has 2 rings (SSSR count). The third-order valence-corrected chi connectivity index (χ3v) is 3.34. The van der Waals surface area contributed by atoms with E-state index in [4.69, 9.17) is 5.11 Å². The Labute approximate surface area is 116 Å². The number of para-hydroxylation sites is 1. The fourth-order valence-electron chi connectivity index (χ4n) is 2.23. The molecule has 0 aliphatic heterocycles. The number of benzene rings is 1. The van der Waals surface area contributed by atoms with Gasteiger partial charge in [0.05, 0.1) is 11.1 Å². The summed E-state index contributed by atoms with van der Waals surface area (Å²) >= 11 is 0. The third-order valence-electron chi connectivity index (χ3n) is 3.34. The zero-order chi connectivity index (χ0) is 14.7. The van der Waals surface area contributed by atoms with Crippen molar-refractivity contribution in [1.29, 1.82) is 0 Å². The molecule has 1 aromatic heterocycles. The van der Waals surface area contributed by atoms with Gasteiger partial charge in [0.2, 0.25) is 0 Å². The van der Waals surface area contributed by atoms with Gasteiger partial charge >= 0.3 is 5.97 Å². The number of aliphatic carboxylic acids is 1. The van der Waals surface area contributed by atoms with Crippen LogP contribution in [0.2, 0.25) is 0 Å². The van der Waals surface area contributed by atoms with Crippen LogP contribution < -0.4 is 0 Å². The van der Waals surface area contributed by atoms with Crippen LogP contribution in [0.3, 0.4) is 0 Å². The molecule has 20 heavy (non-hydrogen) atoms. The Balaban J connectivity index is 2.43. The Bertz CT molecular complexity index is 649. The van der Waals surface area contributed by atoms with Gasteiger partial charge in [0.1, 0.15) is 6.04 Å². The molecule has 0 spiro atoms. The minimum Gasteiger partial charge on any atom is -0.480 e. The number of amides is 1. The van der Waals surface area contributed by atoms with Crippen molar-refractivity contribution in [2.75, 3.05) is 7.05 Å². The zero-order valence-electron chi connectivity index (χ0n) is 11.4. The number of carbonyl (C=O) groups excluding carboxylic acids is 1. The van der Waals surface area contributed by atoms with Gasteiger partial charge in [-0.05, 0) is 18.6 Å². The van der Waals surface area contributed by atoms with Crippen LogP contribution in [0, 0.1) is 0 Å². The Morgan fingerprint density at radius 1 is 1.30 bits per heavy atom. The van der Waals surface area contributed by atoms with Crippen molar-refractivity contribution in [2.24, 2.45) is 0 Å². The molecule has 5 nitrogen and oxygen atoms in total. The molecular weight excluding hydrogens is 256 g/mol. The second-order valence-electron chi connectivity index (χ2n) is 4.55. The lowest BCUT2D eigenvalue weighted by molar-refractivity contribution is -0.142. The number of likely N-dealkylation sites (N-methyl/N-ethyl adjacent to an activating group) is 1. The first kappa shape index (κ1) is 14.0. The summed E-state index contributed by atoms with van der Waals surface area (Å²) in [5, 5.41) is 9.88. The van der Waals surface area contributed by atoms with E-state index in [2.05, 4.69) is 4.98 Å². The van der Waals surface area contributed by atoms with E-state index >= 15 is 0 Å². The van der Waals surface area contributed by atoms with Crippen LogP contribution in [-0.2, 0) is 4.79 Å². The molecule has 104 valence electrons. The molecule has 1 unspecified atom stereocenters. The first-order chi connectivity index (χ1) is 9.56. The van der Waals surface area contributed by atoms with Crippen LogP contribution in [0.5, 0.6) is 0 Å². The van der Waals surface area contributed by atoms with Gasteiger partial charge in [-0.2, -0.15) is 0 Å². The van der Waals surface area contributed by atoms with Gasteiger partial charge in [-0.3, -0.25) is 9.78 Å². The molecule has 5 heteroatoms. The van der Waals surface area contributed by atoms with Crippen molar-refractivity contribution in [3.63, 3.8) is 0 Å². The number of carboxylic acids is 1. The van der Waals surface area contributed by atoms with E-state index in [1.54, 1.807) is 19.2 Å². The van der Waals surface area contributed by atoms with E-state index in [-0.39, 0.29) is 5.91 Å². The van der Waals surface area contributed by atoms with Crippen molar-refractivity contribution in [1.82, 2.24) is 9.88 Å². The minimum atomic E-state index is -0.998. The monoisotopic (exact) mass is 272 g/mol. The Morgan fingerprint density at radius 3 is 2.65 bits per heavy atom. The number of hydrogen-bond acceptors (Lipinski definition) is 3. The van der Waals surface area contributed by atoms with E-state index in [9.17, 15) is 9.59 Å². The highest BCUT2D eigenvalue weighted by Crippen LogP contribution is 2.19. The van der Waals surface area contributed by atoms with Gasteiger partial charge in [-0.15, -0.1) is 0 Å². The molecule has 0 saturated heterocycles. The molecule has 0 fully saturated rings. The summed E-state index contributed by atoms with van der Waals surface area (Å²) < 4.78 is 0. The normalized spacial score (nSPS) is 12.1. The molecule has 1 N–H and O–H groups in total. The lowest BCUT2D eigenvalue weighted by Gasteiger charge is -2.24. The Morgan fingerprint density at radius 2 is 2.00 bits per heavy atom. The van der Waals surface area contributed by atoms with Crippen LogP contribution in [0.1, 0.15) is 23.7 Å². The molecule has 0 bridgehead atoms. The predicted octanol–water partition coefficient (Wildman–Crippen LogP) is 2.17. The highest BCUT2D eigenvalue weighted by molar-refractivity contribution is 6.06. The maximum absolute atomic E-state index is 12.5. The van der Waals surface area contributed by atoms with Gasteiger partial charge in [-0.1, -0.05) is 25.1 Å². The number of aromatic nitrogens is 1. The number of fused-ring (bicyclic) bond motifs is 1. The van der Waals surface area contributed by atoms with Crippen LogP contribution >= 0.6 is 0 Å². The first-order valence-corrected chi connectivity index (χ1v) is 6.40. The summed E-state index contributed by atoms with van der Waals surface area (Å²) in [7, 11) is 1.51. The molecule has 0 radical (unpaired) electrons. The number of hydrogen-bond donors (Lipinski definition) is 1. The molecule has 1 atom stereocenters. The number of nitrogens with zero attached hydrogens (tertiary/aromatic N) is 2. The third kappa shape index (κ3) is 2.47. The first-order valence-electron chi connectivity index (χ1n) is 6.40. The van der Waals surface area contributed by atoms with Gasteiger partial charge < -0.3 is 10.0 Å². The predicted molar refractivity (Wildman–Crippen MR) is 75.6 cm³/mol. The molecule has 0 aliphatic carbocycles. The van der Waals surface area contributed by atoms with E-state index in [1.807, 2.05) is 24.3 Å². The fraction of sp³-hybridized carbons (Fsp3) is 0.267. The Hall–Kier alpha value is -2.43. The van der Waals surface area contributed by atoms with Crippen molar-refractivity contribution in [3.8, 4) is 0 Å². The summed E-state index contributed by atoms with van der Waals surface area (Å²) in [5.74, 6) is -1.31. The molecule has 1 aromatic carbocycles. The molecular formula is C15H16N2O3. The average molecular weight is 272 g/mol. The highest BCUT2D eigenvalue weighted by atomic mass is 16.4. The van der Waals surface area contributed by atoms with Crippen LogP contribution in [0.25, 0.3) is 10.9 Å². The molecule has 1 amide bonds. The van der Waals surface area contributed by atoms with Crippen molar-refractivity contribution < 1.29 is 14.7 Å². The summed E-state index contributed by atoms with van der Waals surface area (Å²) in [6, 6.07) is 8.10. The number of carbonyl (C=O) groups is 2. The number of rotatable bonds is 4. The summed E-state index contributed by atoms with van der Waals surface area (Å²) in [4.78, 5) is 29.1. The van der Waals surface area contributed by atoms with Crippen molar-refractivity contribution in [2.45, 2.75) is 19.4 Å². The SMILES string of the molecule is CCC(C(=O)O)N(C)C(=O)c1ccnc2ccccc12. The summed E-state index contributed by atoms with van der Waals surface area (Å²) in [6.07, 6.45) is 1.92. The van der Waals surface area contributed by atoms with Crippen LogP contribution in [0.15, 0.2) is 36.5 Å². The van der Waals surface area contributed by atoms with E-state index in [0.717, 1.165) is 10.9 Å². The quantitative estimate of drug-likeness (QED) is 0.926.